The molecule has 0 aliphatic heterocycles. The van der Waals surface area contributed by atoms with Gasteiger partial charge in [-0.2, -0.15) is 0 Å². The Morgan fingerprint density at radius 3 is 2.57 bits per heavy atom. The summed E-state index contributed by atoms with van der Waals surface area (Å²) in [4.78, 5) is 20.9. The van der Waals surface area contributed by atoms with Gasteiger partial charge in [0.05, 0.1) is 14.2 Å². The summed E-state index contributed by atoms with van der Waals surface area (Å²) in [7, 11) is 3.18. The summed E-state index contributed by atoms with van der Waals surface area (Å²) in [5.74, 6) is 1.75. The van der Waals surface area contributed by atoms with Crippen LogP contribution in [-0.4, -0.2) is 30.1 Å². The number of pyridine rings is 1. The molecule has 2 aromatic carbocycles. The zero-order chi connectivity index (χ0) is 20.9. The topological polar surface area (TPSA) is 86.5 Å². The van der Waals surface area contributed by atoms with Crippen molar-refractivity contribution in [1.29, 1.82) is 0 Å². The average Bonchev–Trinajstić information content (AvgIpc) is 3.21. The Hall–Kier alpha value is -3.87. The number of rotatable bonds is 7. The molecule has 0 aliphatic rings. The largest absolute Gasteiger partial charge is 0.493 e. The van der Waals surface area contributed by atoms with Crippen LogP contribution in [0, 0.1) is 0 Å². The first kappa shape index (κ1) is 19.4. The number of carbonyl (C=O) groups excluding carboxylic acids is 1. The number of methoxy groups -OCH3 is 2. The van der Waals surface area contributed by atoms with E-state index in [4.69, 9.17) is 13.9 Å². The fourth-order valence-electron chi connectivity index (χ4n) is 3.14. The third-order valence-corrected chi connectivity index (χ3v) is 4.69. The molecule has 0 fully saturated rings. The molecule has 0 aliphatic carbocycles. The Morgan fingerprint density at radius 2 is 1.80 bits per heavy atom. The fourth-order valence-corrected chi connectivity index (χ4v) is 3.14. The fraction of sp³-hybridized carbons (Fsp3) is 0.174. The maximum atomic E-state index is 12.4. The maximum absolute atomic E-state index is 12.4. The Morgan fingerprint density at radius 1 is 1.00 bits per heavy atom. The second-order valence-electron chi connectivity index (χ2n) is 6.67. The number of oxazole rings is 1. The Bertz CT molecular complexity index is 1170. The molecule has 1 N–H and O–H groups in total. The Labute approximate surface area is 173 Å². The molecule has 1 amide bonds. The number of aromatic nitrogens is 2. The lowest BCUT2D eigenvalue weighted by Gasteiger charge is -2.09. The Balaban J connectivity index is 1.42. The molecular weight excluding hydrogens is 382 g/mol. The van der Waals surface area contributed by atoms with E-state index >= 15 is 0 Å². The van der Waals surface area contributed by atoms with Gasteiger partial charge in [0.15, 0.2) is 17.1 Å². The van der Waals surface area contributed by atoms with Gasteiger partial charge >= 0.3 is 0 Å². The third kappa shape index (κ3) is 4.25. The molecule has 7 nitrogen and oxygen atoms in total. The van der Waals surface area contributed by atoms with Gasteiger partial charge in [0.2, 0.25) is 11.8 Å². The number of benzene rings is 2. The van der Waals surface area contributed by atoms with Gasteiger partial charge in [0.25, 0.3) is 0 Å². The number of carbonyl (C=O) groups is 1. The zero-order valence-electron chi connectivity index (χ0n) is 16.7. The van der Waals surface area contributed by atoms with Crippen molar-refractivity contribution in [2.24, 2.45) is 0 Å². The molecule has 2 aromatic heterocycles. The molecular formula is C23H21N3O4. The maximum Gasteiger partial charge on any atom is 0.227 e. The van der Waals surface area contributed by atoms with Gasteiger partial charge in [-0.05, 0) is 48.4 Å². The van der Waals surface area contributed by atoms with E-state index in [0.29, 0.717) is 41.5 Å². The normalized spacial score (nSPS) is 10.7. The molecule has 0 spiro atoms. The molecule has 0 saturated carbocycles. The highest BCUT2D eigenvalue weighted by Gasteiger charge is 2.11. The van der Waals surface area contributed by atoms with Crippen molar-refractivity contribution in [3.8, 4) is 23.0 Å². The summed E-state index contributed by atoms with van der Waals surface area (Å²) in [6, 6.07) is 14.7. The first-order valence-electron chi connectivity index (χ1n) is 9.48. The van der Waals surface area contributed by atoms with Crippen LogP contribution in [0.2, 0.25) is 0 Å². The van der Waals surface area contributed by atoms with Crippen molar-refractivity contribution in [2.75, 3.05) is 19.5 Å². The zero-order valence-corrected chi connectivity index (χ0v) is 16.7. The van der Waals surface area contributed by atoms with Crippen LogP contribution in [0.15, 0.2) is 65.3 Å². The highest BCUT2D eigenvalue weighted by atomic mass is 16.5. The molecule has 2 heterocycles. The van der Waals surface area contributed by atoms with Gasteiger partial charge in [-0.3, -0.25) is 9.78 Å². The number of nitrogens with one attached hydrogen (secondary N) is 1. The summed E-state index contributed by atoms with van der Waals surface area (Å²) in [6.07, 6.45) is 4.30. The molecule has 0 radical (unpaired) electrons. The standard InChI is InChI=1S/C23H21N3O4/c1-28-19-7-3-15(13-21(19)29-2)4-8-22(27)25-17-5-6-18-20(14-17)30-23(26-18)16-9-11-24-12-10-16/h3,5-7,9-14H,4,8H2,1-2H3,(H,25,27). The van der Waals surface area contributed by atoms with E-state index in [1.165, 1.54) is 0 Å². The van der Waals surface area contributed by atoms with E-state index in [2.05, 4.69) is 15.3 Å². The summed E-state index contributed by atoms with van der Waals surface area (Å²) >= 11 is 0. The quantitative estimate of drug-likeness (QED) is 0.490. The predicted molar refractivity (Wildman–Crippen MR) is 114 cm³/mol. The van der Waals surface area contributed by atoms with Crippen molar-refractivity contribution in [3.63, 3.8) is 0 Å². The number of fused-ring (bicyclic) bond motifs is 1. The van der Waals surface area contributed by atoms with Crippen molar-refractivity contribution < 1.29 is 18.7 Å². The van der Waals surface area contributed by atoms with Crippen molar-refractivity contribution in [3.05, 3.63) is 66.5 Å². The van der Waals surface area contributed by atoms with Crippen LogP contribution in [0.4, 0.5) is 5.69 Å². The first-order valence-corrected chi connectivity index (χ1v) is 9.48. The smallest absolute Gasteiger partial charge is 0.227 e. The number of amides is 1. The van der Waals surface area contributed by atoms with Crippen molar-refractivity contribution in [2.45, 2.75) is 12.8 Å². The number of nitrogens with zero attached hydrogens (tertiary/aromatic N) is 2. The highest BCUT2D eigenvalue weighted by molar-refractivity contribution is 5.93. The number of hydrogen-bond donors (Lipinski definition) is 1. The summed E-state index contributed by atoms with van der Waals surface area (Å²) < 4.78 is 16.4. The molecule has 0 atom stereocenters. The highest BCUT2D eigenvalue weighted by Crippen LogP contribution is 2.28. The van der Waals surface area contributed by atoms with Gasteiger partial charge in [-0.1, -0.05) is 6.07 Å². The van der Waals surface area contributed by atoms with Crippen LogP contribution in [0.25, 0.3) is 22.6 Å². The van der Waals surface area contributed by atoms with Crippen molar-refractivity contribution in [1.82, 2.24) is 9.97 Å². The number of ether oxygens (including phenoxy) is 2. The van der Waals surface area contributed by atoms with Gasteiger partial charge in [0.1, 0.15) is 5.52 Å². The van der Waals surface area contributed by atoms with E-state index in [1.54, 1.807) is 32.7 Å². The molecule has 152 valence electrons. The van der Waals surface area contributed by atoms with Crippen LogP contribution in [0.3, 0.4) is 0 Å². The number of hydrogen-bond acceptors (Lipinski definition) is 6. The molecule has 7 heteroatoms. The van der Waals surface area contributed by atoms with Gasteiger partial charge in [-0.25, -0.2) is 4.98 Å². The van der Waals surface area contributed by atoms with Gasteiger partial charge in [0, 0.05) is 36.1 Å². The van der Waals surface area contributed by atoms with Crippen LogP contribution < -0.4 is 14.8 Å². The van der Waals surface area contributed by atoms with E-state index in [-0.39, 0.29) is 5.91 Å². The lowest BCUT2D eigenvalue weighted by Crippen LogP contribution is -2.12. The average molecular weight is 403 g/mol. The SMILES string of the molecule is COc1ccc(CCC(=O)Nc2ccc3nc(-c4ccncc4)oc3c2)cc1OC. The number of aryl methyl sites for hydroxylation is 1. The van der Waals surface area contributed by atoms with Gasteiger partial charge in [-0.15, -0.1) is 0 Å². The van der Waals surface area contributed by atoms with Crippen LogP contribution in [0.1, 0.15) is 12.0 Å². The first-order chi connectivity index (χ1) is 14.7. The molecule has 4 aromatic rings. The van der Waals surface area contributed by atoms with Gasteiger partial charge < -0.3 is 19.2 Å². The predicted octanol–water partition coefficient (Wildman–Crippen LogP) is 4.48. The monoisotopic (exact) mass is 403 g/mol. The second-order valence-corrected chi connectivity index (χ2v) is 6.67. The number of anilines is 1. The molecule has 0 saturated heterocycles. The lowest BCUT2D eigenvalue weighted by atomic mass is 10.1. The molecule has 0 bridgehead atoms. The van der Waals surface area contributed by atoms with Crippen LogP contribution >= 0.6 is 0 Å². The van der Waals surface area contributed by atoms with E-state index in [1.807, 2.05) is 42.5 Å². The second kappa shape index (κ2) is 8.65. The summed E-state index contributed by atoms with van der Waals surface area (Å²) in [6.45, 7) is 0. The van der Waals surface area contributed by atoms with Crippen LogP contribution in [0.5, 0.6) is 11.5 Å². The lowest BCUT2D eigenvalue weighted by molar-refractivity contribution is -0.116. The van der Waals surface area contributed by atoms with E-state index in [9.17, 15) is 4.79 Å². The van der Waals surface area contributed by atoms with Crippen molar-refractivity contribution >= 4 is 22.7 Å². The van der Waals surface area contributed by atoms with E-state index < -0.39 is 0 Å². The van der Waals surface area contributed by atoms with E-state index in [0.717, 1.165) is 16.6 Å². The minimum absolute atomic E-state index is 0.0852. The van der Waals surface area contributed by atoms with Crippen LogP contribution in [-0.2, 0) is 11.2 Å². The third-order valence-electron chi connectivity index (χ3n) is 4.69. The molecule has 4 rings (SSSR count). The summed E-state index contributed by atoms with van der Waals surface area (Å²) in [5, 5.41) is 2.91. The Kier molecular flexibility index (Phi) is 5.61. The minimum atomic E-state index is -0.0852. The summed E-state index contributed by atoms with van der Waals surface area (Å²) in [5.41, 5.74) is 3.85. The minimum Gasteiger partial charge on any atom is -0.493 e. The molecule has 30 heavy (non-hydrogen) atoms. The molecule has 0 unspecified atom stereocenters.